The first kappa shape index (κ1) is 15.2. The van der Waals surface area contributed by atoms with Crippen molar-refractivity contribution in [1.82, 2.24) is 10.6 Å². The van der Waals surface area contributed by atoms with Crippen molar-refractivity contribution >= 4 is 24.2 Å². The van der Waals surface area contributed by atoms with Gasteiger partial charge in [-0.15, -0.1) is 12.4 Å². The van der Waals surface area contributed by atoms with Crippen molar-refractivity contribution in [3.63, 3.8) is 0 Å². The monoisotopic (exact) mass is 275 g/mol. The number of nitrogens with two attached hydrogens (primary N) is 1. The van der Waals surface area contributed by atoms with Crippen molar-refractivity contribution in [3.8, 4) is 0 Å². The molecule has 2 aliphatic rings. The number of nitrogens with one attached hydrogen (secondary N) is 2. The van der Waals surface area contributed by atoms with Crippen molar-refractivity contribution in [2.24, 2.45) is 11.7 Å². The summed E-state index contributed by atoms with van der Waals surface area (Å²) in [5.74, 6) is 0.205. The fourth-order valence-corrected chi connectivity index (χ4v) is 2.72. The normalized spacial score (nSPS) is 31.4. The zero-order valence-electron chi connectivity index (χ0n) is 10.5. The van der Waals surface area contributed by atoms with Gasteiger partial charge in [0.2, 0.25) is 11.8 Å². The van der Waals surface area contributed by atoms with Crippen LogP contribution in [-0.2, 0) is 9.59 Å². The molecule has 2 fully saturated rings. The zero-order chi connectivity index (χ0) is 12.3. The second kappa shape index (κ2) is 6.95. The zero-order valence-corrected chi connectivity index (χ0v) is 11.3. The summed E-state index contributed by atoms with van der Waals surface area (Å²) in [7, 11) is 0. The molecule has 5 nitrogen and oxygen atoms in total. The predicted molar refractivity (Wildman–Crippen MR) is 71.4 cm³/mol. The molecule has 0 spiro atoms. The van der Waals surface area contributed by atoms with Crippen LogP contribution < -0.4 is 16.4 Å². The summed E-state index contributed by atoms with van der Waals surface area (Å²) in [6.45, 7) is 0.721. The summed E-state index contributed by atoms with van der Waals surface area (Å²) >= 11 is 0. The second-order valence-electron chi connectivity index (χ2n) is 5.11. The number of amides is 2. The summed E-state index contributed by atoms with van der Waals surface area (Å²) in [5.41, 5.74) is 5.93. The molecule has 1 heterocycles. The van der Waals surface area contributed by atoms with Gasteiger partial charge < -0.3 is 16.4 Å². The van der Waals surface area contributed by atoms with Crippen molar-refractivity contribution in [3.05, 3.63) is 0 Å². The Labute approximate surface area is 114 Å². The fourth-order valence-electron chi connectivity index (χ4n) is 2.72. The van der Waals surface area contributed by atoms with Crippen molar-refractivity contribution < 1.29 is 9.59 Å². The van der Waals surface area contributed by atoms with E-state index in [0.717, 1.165) is 38.6 Å². The summed E-state index contributed by atoms with van der Waals surface area (Å²) < 4.78 is 0. The van der Waals surface area contributed by atoms with E-state index in [1.165, 1.54) is 0 Å². The number of hydrogen-bond donors (Lipinski definition) is 3. The van der Waals surface area contributed by atoms with Gasteiger partial charge in [0.25, 0.3) is 0 Å². The average molecular weight is 276 g/mol. The van der Waals surface area contributed by atoms with E-state index in [1.54, 1.807) is 0 Å². The molecule has 104 valence electrons. The van der Waals surface area contributed by atoms with Crippen LogP contribution in [0.2, 0.25) is 0 Å². The number of piperidine rings is 1. The van der Waals surface area contributed by atoms with E-state index in [-0.39, 0.29) is 36.3 Å². The largest absolute Gasteiger partial charge is 0.354 e. The molecule has 0 aromatic carbocycles. The SMILES string of the molecule is Cl.N[C@@H]1CCC[C@H]1CC(=O)NC1CCCNC1=O. The van der Waals surface area contributed by atoms with Crippen LogP contribution in [0.15, 0.2) is 0 Å². The first-order valence-electron chi connectivity index (χ1n) is 6.49. The molecule has 0 bridgehead atoms. The van der Waals surface area contributed by atoms with Gasteiger partial charge in [0.1, 0.15) is 6.04 Å². The van der Waals surface area contributed by atoms with E-state index >= 15 is 0 Å². The Morgan fingerprint density at radius 1 is 1.33 bits per heavy atom. The second-order valence-corrected chi connectivity index (χ2v) is 5.11. The van der Waals surface area contributed by atoms with Crippen LogP contribution >= 0.6 is 12.4 Å². The van der Waals surface area contributed by atoms with Gasteiger partial charge >= 0.3 is 0 Å². The topological polar surface area (TPSA) is 84.2 Å². The highest BCUT2D eigenvalue weighted by molar-refractivity contribution is 5.88. The molecule has 1 aliphatic heterocycles. The van der Waals surface area contributed by atoms with Gasteiger partial charge in [0.05, 0.1) is 0 Å². The van der Waals surface area contributed by atoms with Crippen molar-refractivity contribution in [1.29, 1.82) is 0 Å². The average Bonchev–Trinajstić information content (AvgIpc) is 2.68. The molecule has 2 amide bonds. The lowest BCUT2D eigenvalue weighted by molar-refractivity contribution is -0.130. The molecule has 4 N–H and O–H groups in total. The molecule has 0 aromatic heterocycles. The van der Waals surface area contributed by atoms with Crippen LogP contribution in [0.4, 0.5) is 0 Å². The minimum absolute atomic E-state index is 0. The van der Waals surface area contributed by atoms with E-state index in [1.807, 2.05) is 0 Å². The molecular formula is C12H22ClN3O2. The molecular weight excluding hydrogens is 254 g/mol. The van der Waals surface area contributed by atoms with E-state index in [9.17, 15) is 9.59 Å². The highest BCUT2D eigenvalue weighted by Crippen LogP contribution is 2.26. The number of hydrogen-bond acceptors (Lipinski definition) is 3. The van der Waals surface area contributed by atoms with Crippen LogP contribution in [0.5, 0.6) is 0 Å². The maximum Gasteiger partial charge on any atom is 0.242 e. The summed E-state index contributed by atoms with van der Waals surface area (Å²) in [6, 6.07) is -0.185. The first-order valence-corrected chi connectivity index (χ1v) is 6.49. The highest BCUT2D eigenvalue weighted by atomic mass is 35.5. The minimum atomic E-state index is -0.339. The van der Waals surface area contributed by atoms with E-state index < -0.39 is 0 Å². The third kappa shape index (κ3) is 3.85. The van der Waals surface area contributed by atoms with Crippen LogP contribution in [0, 0.1) is 5.92 Å². The van der Waals surface area contributed by atoms with Crippen LogP contribution in [-0.4, -0.2) is 30.4 Å². The Bertz CT molecular complexity index is 312. The lowest BCUT2D eigenvalue weighted by atomic mass is 9.99. The third-order valence-electron chi connectivity index (χ3n) is 3.79. The Kier molecular flexibility index (Phi) is 5.88. The predicted octanol–water partition coefficient (Wildman–Crippen LogP) is 0.321. The van der Waals surface area contributed by atoms with E-state index in [0.29, 0.717) is 12.3 Å². The Morgan fingerprint density at radius 2 is 2.11 bits per heavy atom. The summed E-state index contributed by atoms with van der Waals surface area (Å²) in [4.78, 5) is 23.3. The number of halogens is 1. The molecule has 18 heavy (non-hydrogen) atoms. The van der Waals surface area contributed by atoms with Gasteiger partial charge in [-0.1, -0.05) is 6.42 Å². The van der Waals surface area contributed by atoms with Crippen molar-refractivity contribution in [2.45, 2.75) is 50.6 Å². The maximum absolute atomic E-state index is 11.8. The molecule has 0 aromatic rings. The van der Waals surface area contributed by atoms with Gasteiger partial charge in [-0.05, 0) is 31.6 Å². The molecule has 1 saturated heterocycles. The van der Waals surface area contributed by atoms with Gasteiger partial charge in [0, 0.05) is 19.0 Å². The number of carbonyl (C=O) groups excluding carboxylic acids is 2. The molecule has 6 heteroatoms. The fraction of sp³-hybridized carbons (Fsp3) is 0.833. The summed E-state index contributed by atoms with van der Waals surface area (Å²) in [6.07, 6.45) is 5.30. The molecule has 1 saturated carbocycles. The minimum Gasteiger partial charge on any atom is -0.354 e. The number of rotatable bonds is 3. The Balaban J connectivity index is 0.00000162. The van der Waals surface area contributed by atoms with Crippen LogP contribution in [0.1, 0.15) is 38.5 Å². The van der Waals surface area contributed by atoms with Gasteiger partial charge in [0.15, 0.2) is 0 Å². The van der Waals surface area contributed by atoms with Gasteiger partial charge in [-0.2, -0.15) is 0 Å². The highest BCUT2D eigenvalue weighted by Gasteiger charge is 2.28. The van der Waals surface area contributed by atoms with Gasteiger partial charge in [-0.3, -0.25) is 9.59 Å². The molecule has 1 unspecified atom stereocenters. The quantitative estimate of drug-likeness (QED) is 0.694. The lowest BCUT2D eigenvalue weighted by Crippen LogP contribution is -2.50. The first-order chi connectivity index (χ1) is 8.16. The Hall–Kier alpha value is -0.810. The number of carbonyl (C=O) groups is 2. The third-order valence-corrected chi connectivity index (χ3v) is 3.79. The van der Waals surface area contributed by atoms with Crippen LogP contribution in [0.25, 0.3) is 0 Å². The smallest absolute Gasteiger partial charge is 0.242 e. The Morgan fingerprint density at radius 3 is 2.72 bits per heavy atom. The lowest BCUT2D eigenvalue weighted by Gasteiger charge is -2.24. The molecule has 3 atom stereocenters. The summed E-state index contributed by atoms with van der Waals surface area (Å²) in [5, 5.41) is 5.57. The molecule has 0 radical (unpaired) electrons. The standard InChI is InChI=1S/C12H21N3O2.ClH/c13-9-4-1-3-8(9)7-11(16)15-10-5-2-6-14-12(10)17;/h8-10H,1-7,13H2,(H,14,17)(H,15,16);1H/t8-,9+,10?;/m0./s1. The maximum atomic E-state index is 11.8. The molecule has 2 rings (SSSR count). The van der Waals surface area contributed by atoms with Crippen LogP contribution in [0.3, 0.4) is 0 Å². The van der Waals surface area contributed by atoms with Gasteiger partial charge in [-0.25, -0.2) is 0 Å². The van der Waals surface area contributed by atoms with Crippen molar-refractivity contribution in [2.75, 3.05) is 6.54 Å². The molecule has 1 aliphatic carbocycles. The van der Waals surface area contributed by atoms with E-state index in [2.05, 4.69) is 10.6 Å². The van der Waals surface area contributed by atoms with E-state index in [4.69, 9.17) is 5.73 Å².